The molecule has 1 unspecified atom stereocenters. The molecule has 0 rings (SSSR count). The Bertz CT molecular complexity index is 271. The quantitative estimate of drug-likeness (QED) is 0.570. The van der Waals surface area contributed by atoms with Crippen LogP contribution in [0.4, 0.5) is 4.79 Å². The van der Waals surface area contributed by atoms with Crippen LogP contribution < -0.4 is 10.6 Å². The predicted octanol–water partition coefficient (Wildman–Crippen LogP) is 0.491. The number of nitrogens with one attached hydrogen (secondary N) is 2. The van der Waals surface area contributed by atoms with E-state index in [1.165, 1.54) is 11.8 Å². The van der Waals surface area contributed by atoms with E-state index in [1.54, 1.807) is 14.0 Å². The predicted molar refractivity (Wildman–Crippen MR) is 66.0 cm³/mol. The van der Waals surface area contributed by atoms with Crippen molar-refractivity contribution < 1.29 is 14.7 Å². The highest BCUT2D eigenvalue weighted by Crippen LogP contribution is 2.09. The maximum Gasteiger partial charge on any atom is 0.329 e. The summed E-state index contributed by atoms with van der Waals surface area (Å²) in [6.45, 7) is 4.65. The molecular formula is C11H23N3O3. The average Bonchev–Trinajstić information content (AvgIpc) is 2.28. The van der Waals surface area contributed by atoms with Crippen molar-refractivity contribution in [1.82, 2.24) is 15.5 Å². The maximum absolute atomic E-state index is 11.7. The van der Waals surface area contributed by atoms with Gasteiger partial charge in [0, 0.05) is 13.6 Å². The second-order valence-electron chi connectivity index (χ2n) is 4.30. The molecule has 17 heavy (non-hydrogen) atoms. The smallest absolute Gasteiger partial charge is 0.329 e. The first-order chi connectivity index (χ1) is 7.87. The highest BCUT2D eigenvalue weighted by atomic mass is 16.4. The fourth-order valence-electron chi connectivity index (χ4n) is 1.22. The molecule has 0 aromatic rings. The Morgan fingerprint density at radius 3 is 2.41 bits per heavy atom. The summed E-state index contributed by atoms with van der Waals surface area (Å²) in [4.78, 5) is 24.3. The Labute approximate surface area is 102 Å². The lowest BCUT2D eigenvalue weighted by Gasteiger charge is -2.28. The molecule has 0 spiro atoms. The number of carboxylic acid groups (broad SMARTS) is 1. The molecule has 6 heteroatoms. The van der Waals surface area contributed by atoms with Crippen LogP contribution in [0.1, 0.15) is 26.7 Å². The molecule has 0 aliphatic rings. The summed E-state index contributed by atoms with van der Waals surface area (Å²) in [5, 5.41) is 14.6. The molecule has 0 bridgehead atoms. The fraction of sp³-hybridized carbons (Fsp3) is 0.818. The topological polar surface area (TPSA) is 81.7 Å². The lowest BCUT2D eigenvalue weighted by atomic mass is 10.00. The number of amides is 2. The number of aliphatic carboxylic acids is 1. The van der Waals surface area contributed by atoms with Gasteiger partial charge >= 0.3 is 12.0 Å². The van der Waals surface area contributed by atoms with Crippen LogP contribution in [0.3, 0.4) is 0 Å². The molecule has 0 aliphatic carbocycles. The number of hydrogen-bond acceptors (Lipinski definition) is 3. The van der Waals surface area contributed by atoms with Crippen molar-refractivity contribution in [1.29, 1.82) is 0 Å². The first kappa shape index (κ1) is 15.7. The molecule has 3 N–H and O–H groups in total. The van der Waals surface area contributed by atoms with E-state index in [1.807, 2.05) is 7.05 Å². The van der Waals surface area contributed by atoms with E-state index < -0.39 is 11.5 Å². The van der Waals surface area contributed by atoms with Crippen LogP contribution in [0, 0.1) is 0 Å². The zero-order valence-corrected chi connectivity index (χ0v) is 11.0. The molecule has 0 saturated carbocycles. The summed E-state index contributed by atoms with van der Waals surface area (Å²) in [7, 11) is 3.50. The van der Waals surface area contributed by atoms with Crippen LogP contribution in [-0.4, -0.2) is 54.7 Å². The van der Waals surface area contributed by atoms with Gasteiger partial charge in [0.05, 0.1) is 0 Å². The van der Waals surface area contributed by atoms with Gasteiger partial charge in [0.25, 0.3) is 0 Å². The Kier molecular flexibility index (Phi) is 6.57. The zero-order valence-electron chi connectivity index (χ0n) is 11.0. The van der Waals surface area contributed by atoms with E-state index in [0.717, 1.165) is 13.0 Å². The molecule has 0 saturated heterocycles. The van der Waals surface area contributed by atoms with E-state index in [-0.39, 0.29) is 6.03 Å². The van der Waals surface area contributed by atoms with Crippen molar-refractivity contribution in [3.8, 4) is 0 Å². The van der Waals surface area contributed by atoms with Gasteiger partial charge < -0.3 is 20.6 Å². The first-order valence-electron chi connectivity index (χ1n) is 5.78. The van der Waals surface area contributed by atoms with E-state index in [9.17, 15) is 9.59 Å². The van der Waals surface area contributed by atoms with Crippen molar-refractivity contribution in [2.75, 3.05) is 27.2 Å². The van der Waals surface area contributed by atoms with Crippen LogP contribution in [0.25, 0.3) is 0 Å². The molecule has 0 fully saturated rings. The van der Waals surface area contributed by atoms with E-state index in [4.69, 9.17) is 5.11 Å². The van der Waals surface area contributed by atoms with Crippen LogP contribution in [-0.2, 0) is 4.79 Å². The Balaban J connectivity index is 4.27. The average molecular weight is 245 g/mol. The van der Waals surface area contributed by atoms with Crippen LogP contribution >= 0.6 is 0 Å². The molecule has 2 amide bonds. The molecule has 0 aliphatic heterocycles. The molecule has 0 aromatic carbocycles. The van der Waals surface area contributed by atoms with Gasteiger partial charge in [-0.1, -0.05) is 6.92 Å². The third kappa shape index (κ3) is 5.04. The van der Waals surface area contributed by atoms with E-state index >= 15 is 0 Å². The Morgan fingerprint density at radius 2 is 2.00 bits per heavy atom. The third-order valence-corrected chi connectivity index (χ3v) is 2.83. The van der Waals surface area contributed by atoms with Crippen molar-refractivity contribution in [2.24, 2.45) is 0 Å². The Morgan fingerprint density at radius 1 is 1.41 bits per heavy atom. The van der Waals surface area contributed by atoms with Gasteiger partial charge in [0.15, 0.2) is 0 Å². The highest BCUT2D eigenvalue weighted by Gasteiger charge is 2.33. The summed E-state index contributed by atoms with van der Waals surface area (Å²) in [6.07, 6.45) is 1.18. The minimum Gasteiger partial charge on any atom is -0.480 e. The highest BCUT2D eigenvalue weighted by molar-refractivity contribution is 5.85. The maximum atomic E-state index is 11.7. The SMILES string of the molecule is CCC(C)(NC(=O)N(C)CCCNC)C(=O)O. The van der Waals surface area contributed by atoms with Crippen LogP contribution in [0.15, 0.2) is 0 Å². The summed E-state index contributed by atoms with van der Waals surface area (Å²) >= 11 is 0. The molecular weight excluding hydrogens is 222 g/mol. The lowest BCUT2D eigenvalue weighted by Crippen LogP contribution is -2.55. The van der Waals surface area contributed by atoms with Gasteiger partial charge in [0.2, 0.25) is 0 Å². The van der Waals surface area contributed by atoms with Gasteiger partial charge in [-0.25, -0.2) is 9.59 Å². The van der Waals surface area contributed by atoms with Gasteiger partial charge in [0.1, 0.15) is 5.54 Å². The van der Waals surface area contributed by atoms with Crippen molar-refractivity contribution in [2.45, 2.75) is 32.2 Å². The number of nitrogens with zero attached hydrogens (tertiary/aromatic N) is 1. The fourth-order valence-corrected chi connectivity index (χ4v) is 1.22. The van der Waals surface area contributed by atoms with Crippen molar-refractivity contribution in [3.05, 3.63) is 0 Å². The second-order valence-corrected chi connectivity index (χ2v) is 4.30. The second kappa shape index (κ2) is 7.11. The number of carbonyl (C=O) groups excluding carboxylic acids is 1. The minimum absolute atomic E-state index is 0.346. The molecule has 0 heterocycles. The normalized spacial score (nSPS) is 13.9. The standard InChI is InChI=1S/C11H23N3O3/c1-5-11(2,9(15)16)13-10(17)14(4)8-6-7-12-3/h12H,5-8H2,1-4H3,(H,13,17)(H,15,16). The van der Waals surface area contributed by atoms with Gasteiger partial charge in [-0.05, 0) is 33.4 Å². The minimum atomic E-state index is -1.20. The third-order valence-electron chi connectivity index (χ3n) is 2.83. The van der Waals surface area contributed by atoms with E-state index in [0.29, 0.717) is 13.0 Å². The Hall–Kier alpha value is -1.30. The summed E-state index contributed by atoms with van der Waals surface area (Å²) in [5.74, 6) is -1.02. The number of hydrogen-bond donors (Lipinski definition) is 3. The molecule has 100 valence electrons. The van der Waals surface area contributed by atoms with Crippen molar-refractivity contribution in [3.63, 3.8) is 0 Å². The van der Waals surface area contributed by atoms with Gasteiger partial charge in [-0.3, -0.25) is 0 Å². The largest absolute Gasteiger partial charge is 0.480 e. The van der Waals surface area contributed by atoms with Gasteiger partial charge in [-0.2, -0.15) is 0 Å². The summed E-state index contributed by atoms with van der Waals surface area (Å²) < 4.78 is 0. The number of carboxylic acids is 1. The molecule has 6 nitrogen and oxygen atoms in total. The van der Waals surface area contributed by atoms with Crippen molar-refractivity contribution >= 4 is 12.0 Å². The van der Waals surface area contributed by atoms with Crippen LogP contribution in [0.5, 0.6) is 0 Å². The van der Waals surface area contributed by atoms with Gasteiger partial charge in [-0.15, -0.1) is 0 Å². The van der Waals surface area contributed by atoms with Crippen LogP contribution in [0.2, 0.25) is 0 Å². The number of carbonyl (C=O) groups is 2. The molecule has 1 atom stereocenters. The number of urea groups is 1. The molecule has 0 radical (unpaired) electrons. The first-order valence-corrected chi connectivity index (χ1v) is 5.78. The zero-order chi connectivity index (χ0) is 13.5. The van der Waals surface area contributed by atoms with E-state index in [2.05, 4.69) is 10.6 Å². The lowest BCUT2D eigenvalue weighted by molar-refractivity contribution is -0.143. The monoisotopic (exact) mass is 245 g/mol. The summed E-state index contributed by atoms with van der Waals surface area (Å²) in [5.41, 5.74) is -1.20. The molecule has 0 aromatic heterocycles. The number of rotatable bonds is 7. The summed E-state index contributed by atoms with van der Waals surface area (Å²) in [6, 6.07) is -0.354.